The molecule has 2 N–H and O–H groups in total. The topological polar surface area (TPSA) is 66.0 Å². The van der Waals surface area contributed by atoms with E-state index in [0.717, 1.165) is 44.1 Å². The third-order valence-corrected chi connectivity index (χ3v) is 5.93. The van der Waals surface area contributed by atoms with Gasteiger partial charge in [0, 0.05) is 32.1 Å². The number of hydrogen-bond acceptors (Lipinski definition) is 3. The Morgan fingerprint density at radius 1 is 1.20 bits per heavy atom. The molecule has 6 nitrogen and oxygen atoms in total. The molecule has 1 aliphatic carbocycles. The zero-order valence-corrected chi connectivity index (χ0v) is 20.9. The quantitative estimate of drug-likeness (QED) is 0.336. The average molecular weight is 528 g/mol. The van der Waals surface area contributed by atoms with Gasteiger partial charge in [0.25, 0.3) is 0 Å². The van der Waals surface area contributed by atoms with E-state index in [1.807, 2.05) is 24.0 Å². The molecule has 30 heavy (non-hydrogen) atoms. The molecule has 1 amide bonds. The van der Waals surface area contributed by atoms with Crippen molar-refractivity contribution >= 4 is 35.8 Å². The highest BCUT2D eigenvalue weighted by molar-refractivity contribution is 14.0. The van der Waals surface area contributed by atoms with Crippen LogP contribution in [-0.2, 0) is 4.79 Å². The van der Waals surface area contributed by atoms with E-state index in [-0.39, 0.29) is 42.0 Å². The summed E-state index contributed by atoms with van der Waals surface area (Å²) in [5.41, 5.74) is 1.22. The van der Waals surface area contributed by atoms with Crippen LogP contribution in [0.25, 0.3) is 0 Å². The van der Waals surface area contributed by atoms with E-state index < -0.39 is 0 Å². The van der Waals surface area contributed by atoms with Crippen molar-refractivity contribution in [3.63, 3.8) is 0 Å². The van der Waals surface area contributed by atoms with Gasteiger partial charge in [-0.05, 0) is 45.2 Å². The van der Waals surface area contributed by atoms with Crippen LogP contribution in [0, 0.1) is 12.8 Å². The van der Waals surface area contributed by atoms with Crippen molar-refractivity contribution in [2.75, 3.05) is 26.7 Å². The SMILES string of the molecule is CN=C(NCC(C)Oc1ccc(C)cc1)NC1CCN(C(=O)C2CCCCC2)C1.I. The van der Waals surface area contributed by atoms with E-state index in [0.29, 0.717) is 12.5 Å². The third-order valence-electron chi connectivity index (χ3n) is 5.93. The van der Waals surface area contributed by atoms with Gasteiger partial charge >= 0.3 is 0 Å². The number of nitrogens with zero attached hydrogens (tertiary/aromatic N) is 2. The minimum absolute atomic E-state index is 0. The Balaban J connectivity index is 0.00000320. The van der Waals surface area contributed by atoms with Crippen LogP contribution >= 0.6 is 24.0 Å². The maximum Gasteiger partial charge on any atom is 0.225 e. The Labute approximate surface area is 198 Å². The first-order valence-corrected chi connectivity index (χ1v) is 11.0. The smallest absolute Gasteiger partial charge is 0.225 e. The standard InChI is InChI=1S/C23H36N4O2.HI/c1-17-9-11-21(12-10-17)29-18(2)15-25-23(24-3)26-20-13-14-27(16-20)22(28)19-7-5-4-6-8-19;/h9-12,18-20H,4-8,13-16H2,1-3H3,(H2,24,25,26);1H. The molecule has 1 saturated heterocycles. The zero-order valence-electron chi connectivity index (χ0n) is 18.5. The molecular weight excluding hydrogens is 491 g/mol. The monoisotopic (exact) mass is 528 g/mol. The number of rotatable bonds is 6. The molecule has 7 heteroatoms. The number of benzene rings is 1. The first kappa shape index (κ1) is 24.8. The highest BCUT2D eigenvalue weighted by atomic mass is 127. The van der Waals surface area contributed by atoms with Crippen molar-refractivity contribution in [1.82, 2.24) is 15.5 Å². The lowest BCUT2D eigenvalue weighted by atomic mass is 9.88. The number of aryl methyl sites for hydroxylation is 1. The van der Waals surface area contributed by atoms with E-state index in [1.54, 1.807) is 7.05 Å². The predicted molar refractivity (Wildman–Crippen MR) is 133 cm³/mol. The maximum atomic E-state index is 12.7. The number of halogens is 1. The second kappa shape index (κ2) is 12.4. The van der Waals surface area contributed by atoms with Crippen molar-refractivity contribution in [3.05, 3.63) is 29.8 Å². The van der Waals surface area contributed by atoms with Crippen LogP contribution in [-0.4, -0.2) is 55.6 Å². The van der Waals surface area contributed by atoms with Crippen molar-refractivity contribution in [2.45, 2.75) is 64.5 Å². The number of carbonyl (C=O) groups is 1. The molecule has 2 fully saturated rings. The van der Waals surface area contributed by atoms with E-state index in [4.69, 9.17) is 4.74 Å². The maximum absolute atomic E-state index is 12.7. The molecule has 1 aromatic carbocycles. The second-order valence-corrected chi connectivity index (χ2v) is 8.44. The van der Waals surface area contributed by atoms with Crippen molar-refractivity contribution in [3.8, 4) is 5.75 Å². The first-order chi connectivity index (χ1) is 14.0. The molecule has 1 saturated carbocycles. The summed E-state index contributed by atoms with van der Waals surface area (Å²) in [6.07, 6.45) is 6.79. The molecule has 1 heterocycles. The van der Waals surface area contributed by atoms with Gasteiger partial charge in [-0.3, -0.25) is 9.79 Å². The molecule has 0 bridgehead atoms. The van der Waals surface area contributed by atoms with Gasteiger partial charge in [-0.25, -0.2) is 0 Å². The molecule has 1 aromatic rings. The van der Waals surface area contributed by atoms with Crippen LogP contribution < -0.4 is 15.4 Å². The van der Waals surface area contributed by atoms with Gasteiger partial charge in [-0.2, -0.15) is 0 Å². The zero-order chi connectivity index (χ0) is 20.6. The minimum Gasteiger partial charge on any atom is -0.489 e. The molecule has 2 unspecified atom stereocenters. The van der Waals surface area contributed by atoms with E-state index >= 15 is 0 Å². The molecule has 168 valence electrons. The van der Waals surface area contributed by atoms with Crippen LogP contribution in [0.2, 0.25) is 0 Å². The summed E-state index contributed by atoms with van der Waals surface area (Å²) in [6, 6.07) is 8.35. The van der Waals surface area contributed by atoms with E-state index in [1.165, 1.54) is 24.8 Å². The number of ether oxygens (including phenoxy) is 1. The van der Waals surface area contributed by atoms with Crippen LogP contribution in [0.15, 0.2) is 29.3 Å². The highest BCUT2D eigenvalue weighted by Gasteiger charge is 2.31. The van der Waals surface area contributed by atoms with Crippen LogP contribution in [0.3, 0.4) is 0 Å². The number of carbonyl (C=O) groups excluding carboxylic acids is 1. The van der Waals surface area contributed by atoms with Gasteiger partial charge in [-0.1, -0.05) is 37.0 Å². The summed E-state index contributed by atoms with van der Waals surface area (Å²) in [4.78, 5) is 19.1. The Morgan fingerprint density at radius 2 is 1.90 bits per heavy atom. The van der Waals surface area contributed by atoms with Gasteiger partial charge in [0.1, 0.15) is 11.9 Å². The summed E-state index contributed by atoms with van der Waals surface area (Å²) in [5, 5.41) is 6.82. The Bertz CT molecular complexity index is 689. The van der Waals surface area contributed by atoms with Gasteiger partial charge in [0.15, 0.2) is 5.96 Å². The minimum atomic E-state index is 0. The lowest BCUT2D eigenvalue weighted by molar-refractivity contribution is -0.135. The molecule has 0 radical (unpaired) electrons. The molecule has 0 aromatic heterocycles. The molecule has 0 spiro atoms. The summed E-state index contributed by atoms with van der Waals surface area (Å²) in [7, 11) is 1.78. The fourth-order valence-electron chi connectivity index (χ4n) is 4.21. The summed E-state index contributed by atoms with van der Waals surface area (Å²) >= 11 is 0. The molecule has 2 aliphatic rings. The fourth-order valence-corrected chi connectivity index (χ4v) is 4.21. The normalized spacial score (nSPS) is 21.0. The first-order valence-electron chi connectivity index (χ1n) is 11.0. The summed E-state index contributed by atoms with van der Waals surface area (Å²) < 4.78 is 5.95. The largest absolute Gasteiger partial charge is 0.489 e. The van der Waals surface area contributed by atoms with E-state index in [9.17, 15) is 4.79 Å². The number of aliphatic imine (C=N–C) groups is 1. The van der Waals surface area contributed by atoms with E-state index in [2.05, 4.69) is 34.7 Å². The Kier molecular flexibility index (Phi) is 10.2. The number of amides is 1. The van der Waals surface area contributed by atoms with Gasteiger partial charge < -0.3 is 20.3 Å². The van der Waals surface area contributed by atoms with Crippen molar-refractivity contribution in [1.29, 1.82) is 0 Å². The summed E-state index contributed by atoms with van der Waals surface area (Å²) in [5.74, 6) is 2.25. The van der Waals surface area contributed by atoms with Gasteiger partial charge in [0.2, 0.25) is 5.91 Å². The Morgan fingerprint density at radius 3 is 2.57 bits per heavy atom. The van der Waals surface area contributed by atoms with Crippen LogP contribution in [0.1, 0.15) is 51.0 Å². The van der Waals surface area contributed by atoms with Crippen LogP contribution in [0.4, 0.5) is 0 Å². The summed E-state index contributed by atoms with van der Waals surface area (Å²) in [6.45, 7) is 6.38. The highest BCUT2D eigenvalue weighted by Crippen LogP contribution is 2.26. The average Bonchev–Trinajstić information content (AvgIpc) is 3.21. The van der Waals surface area contributed by atoms with Gasteiger partial charge in [-0.15, -0.1) is 24.0 Å². The number of nitrogens with one attached hydrogen (secondary N) is 2. The third kappa shape index (κ3) is 7.32. The fraction of sp³-hybridized carbons (Fsp3) is 0.652. The van der Waals surface area contributed by atoms with Crippen LogP contribution in [0.5, 0.6) is 5.75 Å². The number of likely N-dealkylation sites (tertiary alicyclic amines) is 1. The molecule has 1 aliphatic heterocycles. The van der Waals surface area contributed by atoms with Gasteiger partial charge in [0.05, 0.1) is 6.54 Å². The second-order valence-electron chi connectivity index (χ2n) is 8.44. The number of hydrogen-bond donors (Lipinski definition) is 2. The predicted octanol–water partition coefficient (Wildman–Crippen LogP) is 3.73. The van der Waals surface area contributed by atoms with Crippen molar-refractivity contribution in [2.24, 2.45) is 10.9 Å². The van der Waals surface area contributed by atoms with Crippen molar-refractivity contribution < 1.29 is 9.53 Å². The molecule has 3 rings (SSSR count). The molecular formula is C23H37IN4O2. The lowest BCUT2D eigenvalue weighted by Crippen LogP contribution is -2.47. The molecule has 2 atom stereocenters. The number of guanidine groups is 1. The lowest BCUT2D eigenvalue weighted by Gasteiger charge is -2.26. The Hall–Kier alpha value is -1.51.